The van der Waals surface area contributed by atoms with Crippen molar-refractivity contribution in [1.29, 1.82) is 0 Å². The first-order valence-electron chi connectivity index (χ1n) is 14.2. The Morgan fingerprint density at radius 2 is 1.89 bits per heavy atom. The van der Waals surface area contributed by atoms with Crippen LogP contribution in [0.1, 0.15) is 69.0 Å². The van der Waals surface area contributed by atoms with E-state index in [0.29, 0.717) is 30.8 Å². The molecule has 0 aromatic carbocycles. The second-order valence-corrected chi connectivity index (χ2v) is 13.3. The van der Waals surface area contributed by atoms with E-state index in [0.717, 1.165) is 87.6 Å². The number of hydrogen-bond donors (Lipinski definition) is 1. The first-order chi connectivity index (χ1) is 18.3. The van der Waals surface area contributed by atoms with Crippen molar-refractivity contribution in [1.82, 2.24) is 14.6 Å². The van der Waals surface area contributed by atoms with Gasteiger partial charge >= 0.3 is 0 Å². The van der Waals surface area contributed by atoms with E-state index in [4.69, 9.17) is 9.98 Å². The van der Waals surface area contributed by atoms with Gasteiger partial charge < -0.3 is 5.32 Å². The van der Waals surface area contributed by atoms with Crippen molar-refractivity contribution in [2.24, 2.45) is 22.7 Å². The summed E-state index contributed by atoms with van der Waals surface area (Å²) in [6.07, 6.45) is 21.7. The number of sulfonamides is 1. The summed E-state index contributed by atoms with van der Waals surface area (Å²) < 4.78 is 25.6. The topological polar surface area (TPSA) is 91.7 Å². The van der Waals surface area contributed by atoms with Crippen molar-refractivity contribution in [3.05, 3.63) is 59.5 Å². The number of amidine groups is 1. The molecule has 4 aliphatic rings. The third-order valence-electron chi connectivity index (χ3n) is 8.16. The van der Waals surface area contributed by atoms with Crippen molar-refractivity contribution >= 4 is 27.3 Å². The molecule has 1 aromatic rings. The third-order valence-corrected chi connectivity index (χ3v) is 9.46. The molecule has 0 radical (unpaired) electrons. The first-order valence-corrected chi connectivity index (χ1v) is 16.0. The molecule has 2 aliphatic carbocycles. The Bertz CT molecular complexity index is 1240. The molecule has 2 atom stereocenters. The third kappa shape index (κ3) is 7.29. The van der Waals surface area contributed by atoms with Gasteiger partial charge in [0.15, 0.2) is 0 Å². The van der Waals surface area contributed by atoms with Gasteiger partial charge in [0.05, 0.1) is 6.26 Å². The molecule has 2 fully saturated rings. The van der Waals surface area contributed by atoms with Crippen molar-refractivity contribution in [3.8, 4) is 0 Å². The van der Waals surface area contributed by atoms with Crippen LogP contribution in [0.15, 0.2) is 53.2 Å². The van der Waals surface area contributed by atoms with Gasteiger partial charge in [-0.2, -0.15) is 0 Å². The van der Waals surface area contributed by atoms with Crippen molar-refractivity contribution in [2.75, 3.05) is 25.9 Å². The monoisotopic (exact) mass is 536 g/mol. The summed E-state index contributed by atoms with van der Waals surface area (Å²) in [5.74, 6) is 1.89. The van der Waals surface area contributed by atoms with E-state index in [1.165, 1.54) is 11.8 Å². The Morgan fingerprint density at radius 1 is 1.08 bits per heavy atom. The number of carbonyl (C=O) groups is 1. The molecule has 1 N–H and O–H groups in total. The molecule has 7 nitrogen and oxygen atoms in total. The van der Waals surface area contributed by atoms with Crippen LogP contribution in [0.25, 0.3) is 5.57 Å². The molecule has 1 saturated carbocycles. The molecule has 38 heavy (non-hydrogen) atoms. The molecule has 2 aliphatic heterocycles. The highest BCUT2D eigenvalue weighted by Gasteiger charge is 2.30. The highest BCUT2D eigenvalue weighted by Crippen LogP contribution is 2.34. The minimum Gasteiger partial charge on any atom is -0.311 e. The van der Waals surface area contributed by atoms with Gasteiger partial charge in [0.2, 0.25) is 15.9 Å². The van der Waals surface area contributed by atoms with Crippen LogP contribution in [0, 0.1) is 17.8 Å². The highest BCUT2D eigenvalue weighted by molar-refractivity contribution is 7.88. The van der Waals surface area contributed by atoms with Gasteiger partial charge in [-0.05, 0) is 86.5 Å². The van der Waals surface area contributed by atoms with E-state index < -0.39 is 10.0 Å². The van der Waals surface area contributed by atoms with Crippen molar-refractivity contribution < 1.29 is 13.2 Å². The summed E-state index contributed by atoms with van der Waals surface area (Å²) in [4.78, 5) is 22.0. The number of nitrogens with one attached hydrogen (secondary N) is 1. The fourth-order valence-electron chi connectivity index (χ4n) is 5.77. The number of aromatic nitrogens is 1. The second kappa shape index (κ2) is 12.1. The SMILES string of the molecule is CS(=O)(=O)N1CCCCC(Cc2ccc(C3=CC=CC4CCN=C(NC(=O)C5CC5)C=C3C4)cn2)CCC1. The zero-order valence-electron chi connectivity index (χ0n) is 22.4. The molecule has 2 unspecified atom stereocenters. The molecule has 8 heteroatoms. The lowest BCUT2D eigenvalue weighted by Gasteiger charge is -2.20. The predicted octanol–water partition coefficient (Wildman–Crippen LogP) is 4.68. The number of rotatable bonds is 5. The summed E-state index contributed by atoms with van der Waals surface area (Å²) in [5.41, 5.74) is 4.50. The number of amides is 1. The number of hydrogen-bond acceptors (Lipinski definition) is 5. The molecular formula is C30H40N4O3S. The average Bonchev–Trinajstić information content (AvgIpc) is 3.71. The Morgan fingerprint density at radius 3 is 2.66 bits per heavy atom. The smallest absolute Gasteiger partial charge is 0.228 e. The Labute approximate surface area is 227 Å². The van der Waals surface area contributed by atoms with Gasteiger partial charge in [0, 0.05) is 43.0 Å². The van der Waals surface area contributed by atoms with Gasteiger partial charge in [0.25, 0.3) is 0 Å². The largest absolute Gasteiger partial charge is 0.311 e. The second-order valence-electron chi connectivity index (χ2n) is 11.3. The van der Waals surface area contributed by atoms with E-state index in [9.17, 15) is 13.2 Å². The number of carbonyl (C=O) groups excluding carboxylic acids is 1. The van der Waals surface area contributed by atoms with Gasteiger partial charge in [-0.3, -0.25) is 14.8 Å². The minimum atomic E-state index is -3.12. The number of pyridine rings is 1. The maximum atomic E-state index is 12.4. The number of allylic oxidation sites excluding steroid dienone is 5. The van der Waals surface area contributed by atoms with Gasteiger partial charge in [-0.25, -0.2) is 12.7 Å². The summed E-state index contributed by atoms with van der Waals surface area (Å²) in [6, 6.07) is 4.31. The average molecular weight is 537 g/mol. The fraction of sp³-hybridized carbons (Fsp3) is 0.567. The molecule has 3 heterocycles. The molecule has 1 saturated heterocycles. The molecule has 1 aromatic heterocycles. The lowest BCUT2D eigenvalue weighted by atomic mass is 9.89. The Kier molecular flexibility index (Phi) is 8.58. The summed E-state index contributed by atoms with van der Waals surface area (Å²) >= 11 is 0. The van der Waals surface area contributed by atoms with Crippen LogP contribution in [-0.4, -0.2) is 55.3 Å². The van der Waals surface area contributed by atoms with Crippen molar-refractivity contribution in [2.45, 2.75) is 64.2 Å². The standard InChI is InChI=1S/C30H40N4O3S/c1-38(36,37)34-16-3-2-6-22(8-5-17-34)19-27-13-12-25(21-32-27)28-9-4-7-23-14-15-31-29(20-26(28)18-23)33-30(35)24-10-11-24/h4,7,9,12-13,20-24H,2-3,5-6,8,10-11,14-19H2,1H3,(H,31,33,35). The number of fused-ring (bicyclic) bond motifs is 2. The zero-order valence-corrected chi connectivity index (χ0v) is 23.3. The van der Waals surface area contributed by atoms with E-state index in [2.05, 4.69) is 41.8 Å². The van der Waals surface area contributed by atoms with E-state index in [-0.39, 0.29) is 11.8 Å². The van der Waals surface area contributed by atoms with Crippen LogP contribution in [0.4, 0.5) is 0 Å². The van der Waals surface area contributed by atoms with Crippen LogP contribution in [0.5, 0.6) is 0 Å². The maximum Gasteiger partial charge on any atom is 0.228 e. The predicted molar refractivity (Wildman–Crippen MR) is 152 cm³/mol. The highest BCUT2D eigenvalue weighted by atomic mass is 32.2. The van der Waals surface area contributed by atoms with Crippen LogP contribution in [0.2, 0.25) is 0 Å². The van der Waals surface area contributed by atoms with E-state index in [1.54, 1.807) is 4.31 Å². The van der Waals surface area contributed by atoms with Crippen LogP contribution < -0.4 is 5.32 Å². The van der Waals surface area contributed by atoms with Gasteiger partial charge in [-0.15, -0.1) is 0 Å². The van der Waals surface area contributed by atoms with E-state index >= 15 is 0 Å². The maximum absolute atomic E-state index is 12.4. The van der Waals surface area contributed by atoms with Crippen LogP contribution in [-0.2, 0) is 21.2 Å². The van der Waals surface area contributed by atoms with Crippen LogP contribution in [0.3, 0.4) is 0 Å². The summed E-state index contributed by atoms with van der Waals surface area (Å²) in [5, 5.41) is 3.06. The van der Waals surface area contributed by atoms with Gasteiger partial charge in [0.1, 0.15) is 5.84 Å². The lowest BCUT2D eigenvalue weighted by molar-refractivity contribution is -0.120. The Hall–Kier alpha value is -2.58. The molecule has 0 spiro atoms. The lowest BCUT2D eigenvalue weighted by Crippen LogP contribution is -2.31. The van der Waals surface area contributed by atoms with Crippen molar-refractivity contribution in [3.63, 3.8) is 0 Å². The minimum absolute atomic E-state index is 0.0926. The quantitative estimate of drug-likeness (QED) is 0.592. The molecular weight excluding hydrogens is 496 g/mol. The normalized spacial score (nSPS) is 25.3. The molecule has 2 bridgehead atoms. The zero-order chi connectivity index (χ0) is 26.5. The van der Waals surface area contributed by atoms with Gasteiger partial charge in [-0.1, -0.05) is 37.1 Å². The number of nitrogens with zero attached hydrogens (tertiary/aromatic N) is 3. The summed E-state index contributed by atoms with van der Waals surface area (Å²) in [7, 11) is -3.12. The molecule has 204 valence electrons. The fourth-order valence-corrected chi connectivity index (χ4v) is 6.70. The first kappa shape index (κ1) is 27.0. The summed E-state index contributed by atoms with van der Waals surface area (Å²) in [6.45, 7) is 1.97. The molecule has 5 rings (SSSR count). The Balaban J connectivity index is 1.27. The van der Waals surface area contributed by atoms with Crippen LogP contribution >= 0.6 is 0 Å². The number of aliphatic imine (C=N–C) groups is 1. The van der Waals surface area contributed by atoms with E-state index in [1.807, 2.05) is 6.20 Å². The molecule has 1 amide bonds.